The summed E-state index contributed by atoms with van der Waals surface area (Å²) in [6, 6.07) is 3.80. The lowest BCUT2D eigenvalue weighted by atomic mass is 10.1. The van der Waals surface area contributed by atoms with Gasteiger partial charge in [-0.25, -0.2) is 4.79 Å². The van der Waals surface area contributed by atoms with Gasteiger partial charge in [-0.2, -0.15) is 0 Å². The molecule has 0 fully saturated rings. The quantitative estimate of drug-likeness (QED) is 0.234. The summed E-state index contributed by atoms with van der Waals surface area (Å²) in [4.78, 5) is 26.1. The molecule has 3 aromatic rings. The van der Waals surface area contributed by atoms with Gasteiger partial charge in [0.15, 0.2) is 17.1 Å². The van der Waals surface area contributed by atoms with E-state index in [1.807, 2.05) is 58.2 Å². The van der Waals surface area contributed by atoms with Crippen LogP contribution in [0.1, 0.15) is 64.6 Å². The number of rotatable bonds is 10. The Morgan fingerprint density at radius 1 is 1.17 bits per heavy atom. The second-order valence-corrected chi connectivity index (χ2v) is 10.8. The molecule has 1 N–H and O–H groups in total. The fourth-order valence-corrected chi connectivity index (χ4v) is 5.68. The van der Waals surface area contributed by atoms with Crippen molar-refractivity contribution in [1.29, 1.82) is 0 Å². The first kappa shape index (κ1) is 28.0. The maximum atomic E-state index is 12.7. The van der Waals surface area contributed by atoms with Gasteiger partial charge in [-0.3, -0.25) is 4.79 Å². The van der Waals surface area contributed by atoms with Crippen LogP contribution in [0.2, 0.25) is 5.02 Å². The Balaban J connectivity index is 1.69. The number of hydrogen-bond acceptors (Lipinski definition) is 8. The van der Waals surface area contributed by atoms with Crippen LogP contribution in [0.25, 0.3) is 0 Å². The van der Waals surface area contributed by atoms with Gasteiger partial charge in [0.25, 0.3) is 0 Å². The fourth-order valence-electron chi connectivity index (χ4n) is 3.69. The summed E-state index contributed by atoms with van der Waals surface area (Å²) < 4.78 is 13.2. The van der Waals surface area contributed by atoms with Crippen molar-refractivity contribution in [3.05, 3.63) is 50.1 Å². The van der Waals surface area contributed by atoms with Gasteiger partial charge in [0.05, 0.1) is 17.9 Å². The molecular weight excluding hydrogens is 520 g/mol. The summed E-state index contributed by atoms with van der Waals surface area (Å²) in [6.45, 7) is 14.2. The molecule has 2 aromatic heterocycles. The van der Waals surface area contributed by atoms with Crippen LogP contribution in [0.3, 0.4) is 0 Å². The molecule has 2 heterocycles. The molecule has 8 nitrogen and oxygen atoms in total. The van der Waals surface area contributed by atoms with Crippen molar-refractivity contribution in [2.75, 3.05) is 17.7 Å². The van der Waals surface area contributed by atoms with Crippen molar-refractivity contribution in [2.24, 2.45) is 0 Å². The summed E-state index contributed by atoms with van der Waals surface area (Å²) in [5, 5.41) is 13.3. The first-order chi connectivity index (χ1) is 17.1. The summed E-state index contributed by atoms with van der Waals surface area (Å²) in [7, 11) is 0. The Bertz CT molecular complexity index is 1250. The molecule has 1 unspecified atom stereocenters. The Morgan fingerprint density at radius 3 is 2.44 bits per heavy atom. The lowest BCUT2D eigenvalue weighted by molar-refractivity contribution is -0.113. The molecule has 0 aliphatic rings. The zero-order valence-corrected chi connectivity index (χ0v) is 23.9. The minimum absolute atomic E-state index is 0.112. The molecule has 11 heteroatoms. The van der Waals surface area contributed by atoms with E-state index in [0.29, 0.717) is 33.8 Å². The average Bonchev–Trinajstić information content (AvgIpc) is 3.36. The Hall–Kier alpha value is -2.56. The van der Waals surface area contributed by atoms with Crippen molar-refractivity contribution in [3.8, 4) is 5.75 Å². The highest BCUT2D eigenvalue weighted by Gasteiger charge is 2.23. The van der Waals surface area contributed by atoms with Crippen LogP contribution >= 0.6 is 34.7 Å². The predicted octanol–water partition coefficient (Wildman–Crippen LogP) is 6.29. The Morgan fingerprint density at radius 2 is 1.83 bits per heavy atom. The van der Waals surface area contributed by atoms with Gasteiger partial charge in [0.2, 0.25) is 5.91 Å². The average molecular weight is 551 g/mol. The molecule has 1 amide bonds. The molecule has 194 valence electrons. The third-order valence-corrected chi connectivity index (χ3v) is 8.28. The monoisotopic (exact) mass is 550 g/mol. The van der Waals surface area contributed by atoms with Gasteiger partial charge in [-0.1, -0.05) is 23.4 Å². The number of nitrogens with zero attached hydrogens (tertiary/aromatic N) is 3. The topological polar surface area (TPSA) is 95.3 Å². The Kier molecular flexibility index (Phi) is 9.43. The molecule has 36 heavy (non-hydrogen) atoms. The van der Waals surface area contributed by atoms with Gasteiger partial charge < -0.3 is 19.4 Å². The molecule has 0 radical (unpaired) electrons. The highest BCUT2D eigenvalue weighted by molar-refractivity contribution is 7.99. The zero-order valence-electron chi connectivity index (χ0n) is 21.5. The van der Waals surface area contributed by atoms with Gasteiger partial charge in [-0.05, 0) is 77.3 Å². The van der Waals surface area contributed by atoms with Gasteiger partial charge >= 0.3 is 5.97 Å². The van der Waals surface area contributed by atoms with Crippen molar-refractivity contribution in [2.45, 2.75) is 66.3 Å². The number of carbonyl (C=O) groups is 2. The maximum Gasteiger partial charge on any atom is 0.341 e. The van der Waals surface area contributed by atoms with E-state index in [1.165, 1.54) is 23.1 Å². The number of aryl methyl sites for hydroxylation is 3. The number of carbonyl (C=O) groups excluding carboxylic acids is 2. The molecule has 3 rings (SSSR count). The Labute approximate surface area is 224 Å². The highest BCUT2D eigenvalue weighted by Crippen LogP contribution is 2.34. The predicted molar refractivity (Wildman–Crippen MR) is 145 cm³/mol. The van der Waals surface area contributed by atoms with Crippen LogP contribution in [0.15, 0.2) is 17.3 Å². The molecule has 0 aliphatic carbocycles. The fraction of sp³-hybridized carbons (Fsp3) is 0.440. The van der Waals surface area contributed by atoms with E-state index in [9.17, 15) is 9.59 Å². The normalized spacial score (nSPS) is 11.9. The van der Waals surface area contributed by atoms with Crippen LogP contribution in [-0.2, 0) is 16.1 Å². The second-order valence-electron chi connectivity index (χ2n) is 8.26. The van der Waals surface area contributed by atoms with E-state index in [-0.39, 0.29) is 24.4 Å². The highest BCUT2D eigenvalue weighted by atomic mass is 35.5. The molecule has 0 spiro atoms. The number of amides is 1. The van der Waals surface area contributed by atoms with E-state index >= 15 is 0 Å². The molecule has 0 saturated heterocycles. The summed E-state index contributed by atoms with van der Waals surface area (Å²) >= 11 is 8.92. The van der Waals surface area contributed by atoms with Crippen molar-refractivity contribution < 1.29 is 19.1 Å². The number of thioether (sulfide) groups is 1. The lowest BCUT2D eigenvalue weighted by Crippen LogP contribution is -2.17. The number of aromatic nitrogens is 3. The number of hydrogen-bond donors (Lipinski definition) is 1. The standard InChI is InChI=1S/C25H31ClN4O4S2/c1-8-30-22(16(6)34-18-10-13(3)21(26)14(4)11-18)28-29-25(30)35-12-19(31)27-23-20(24(32)33-9-2)15(5)17(7)36-23/h10-11,16H,8-9,12H2,1-7H3,(H,27,31). The van der Waals surface area contributed by atoms with Crippen LogP contribution in [0.5, 0.6) is 5.75 Å². The second kappa shape index (κ2) is 12.1. The van der Waals surface area contributed by atoms with Crippen LogP contribution < -0.4 is 10.1 Å². The number of thiophene rings is 1. The number of benzene rings is 1. The zero-order chi connectivity index (χ0) is 26.6. The van der Waals surface area contributed by atoms with Crippen LogP contribution in [0, 0.1) is 27.7 Å². The number of esters is 1. The third kappa shape index (κ3) is 6.22. The van der Waals surface area contributed by atoms with Crippen molar-refractivity contribution >= 4 is 51.6 Å². The van der Waals surface area contributed by atoms with Gasteiger partial charge in [0.1, 0.15) is 10.8 Å². The van der Waals surface area contributed by atoms with E-state index in [1.54, 1.807) is 6.92 Å². The maximum absolute atomic E-state index is 12.7. The first-order valence-electron chi connectivity index (χ1n) is 11.6. The molecular formula is C25H31ClN4O4S2. The molecule has 0 aliphatic heterocycles. The van der Waals surface area contributed by atoms with Crippen molar-refractivity contribution in [1.82, 2.24) is 14.8 Å². The number of nitrogens with one attached hydrogen (secondary N) is 1. The molecule has 0 bridgehead atoms. The van der Waals surface area contributed by atoms with Gasteiger partial charge in [0, 0.05) is 16.4 Å². The van der Waals surface area contributed by atoms with E-state index in [2.05, 4.69) is 15.5 Å². The van der Waals surface area contributed by atoms with E-state index < -0.39 is 5.97 Å². The van der Waals surface area contributed by atoms with Crippen LogP contribution in [-0.4, -0.2) is 39.0 Å². The summed E-state index contributed by atoms with van der Waals surface area (Å²) in [6.07, 6.45) is -0.357. The van der Waals surface area contributed by atoms with E-state index in [4.69, 9.17) is 21.1 Å². The number of halogens is 1. The van der Waals surface area contributed by atoms with Gasteiger partial charge in [-0.15, -0.1) is 21.5 Å². The SMILES string of the molecule is CCOC(=O)c1c(NC(=O)CSc2nnc(C(C)Oc3cc(C)c(Cl)c(C)c3)n2CC)sc(C)c1C. The molecule has 1 atom stereocenters. The van der Waals surface area contributed by atoms with E-state index in [0.717, 1.165) is 26.6 Å². The number of anilines is 1. The summed E-state index contributed by atoms with van der Waals surface area (Å²) in [5.41, 5.74) is 3.12. The van der Waals surface area contributed by atoms with Crippen molar-refractivity contribution in [3.63, 3.8) is 0 Å². The lowest BCUT2D eigenvalue weighted by Gasteiger charge is -2.17. The minimum atomic E-state index is -0.433. The van der Waals surface area contributed by atoms with Crippen LogP contribution in [0.4, 0.5) is 5.00 Å². The first-order valence-corrected chi connectivity index (χ1v) is 13.8. The number of ether oxygens (including phenoxy) is 2. The smallest absolute Gasteiger partial charge is 0.341 e. The third-order valence-electron chi connectivity index (χ3n) is 5.60. The minimum Gasteiger partial charge on any atom is -0.483 e. The molecule has 1 aromatic carbocycles. The summed E-state index contributed by atoms with van der Waals surface area (Å²) in [5.74, 6) is 0.814. The largest absolute Gasteiger partial charge is 0.483 e. The molecule has 0 saturated carbocycles.